The summed E-state index contributed by atoms with van der Waals surface area (Å²) in [5.74, 6) is -0.973. The molecule has 28 heavy (non-hydrogen) atoms. The molecule has 0 unspecified atom stereocenters. The van der Waals surface area contributed by atoms with E-state index in [0.717, 1.165) is 6.07 Å². The first kappa shape index (κ1) is 19.6. The molecule has 9 nitrogen and oxygen atoms in total. The number of carbonyl (C=O) groups excluding carboxylic acids is 2. The third-order valence-electron chi connectivity index (χ3n) is 4.41. The highest BCUT2D eigenvalue weighted by atomic mass is 19.1. The number of fused-ring (bicyclic) bond motifs is 1. The normalized spacial score (nSPS) is 14.2. The van der Waals surface area contributed by atoms with Gasteiger partial charge in [-0.05, 0) is 19.9 Å². The predicted molar refractivity (Wildman–Crippen MR) is 102 cm³/mol. The van der Waals surface area contributed by atoms with Crippen molar-refractivity contribution in [2.75, 3.05) is 43.0 Å². The van der Waals surface area contributed by atoms with Gasteiger partial charge in [0, 0.05) is 38.8 Å². The number of carbonyl (C=O) groups is 2. The van der Waals surface area contributed by atoms with E-state index in [1.807, 2.05) is 0 Å². The molecule has 10 heteroatoms. The number of nitrogens with zero attached hydrogens (tertiary/aromatic N) is 3. The van der Waals surface area contributed by atoms with Crippen LogP contribution in [0.5, 0.6) is 0 Å². The molecule has 1 radical (unpaired) electrons. The Morgan fingerprint density at radius 2 is 2.07 bits per heavy atom. The molecule has 0 aliphatic carbocycles. The first-order valence-electron chi connectivity index (χ1n) is 8.92. The van der Waals surface area contributed by atoms with E-state index in [4.69, 9.17) is 4.74 Å². The highest BCUT2D eigenvalue weighted by molar-refractivity contribution is 5.92. The van der Waals surface area contributed by atoms with Crippen molar-refractivity contribution in [1.82, 2.24) is 14.9 Å². The lowest BCUT2D eigenvalue weighted by atomic mass is 10.2. The van der Waals surface area contributed by atoms with E-state index < -0.39 is 23.2 Å². The van der Waals surface area contributed by atoms with Crippen LogP contribution in [0.25, 0.3) is 11.0 Å². The predicted octanol–water partition coefficient (Wildman–Crippen LogP) is 1.50. The van der Waals surface area contributed by atoms with Crippen LogP contribution in [0.2, 0.25) is 0 Å². The quantitative estimate of drug-likeness (QED) is 0.819. The first-order chi connectivity index (χ1) is 13.4. The van der Waals surface area contributed by atoms with E-state index in [1.54, 1.807) is 16.7 Å². The number of halogens is 1. The summed E-state index contributed by atoms with van der Waals surface area (Å²) in [7, 11) is 0. The zero-order chi connectivity index (χ0) is 20.3. The van der Waals surface area contributed by atoms with Crippen LogP contribution in [0.4, 0.5) is 20.7 Å². The number of pyridine rings is 2. The maximum absolute atomic E-state index is 14.7. The van der Waals surface area contributed by atoms with Crippen LogP contribution in [0, 0.1) is 12.7 Å². The van der Waals surface area contributed by atoms with Crippen LogP contribution in [-0.2, 0) is 9.53 Å². The third kappa shape index (κ3) is 3.90. The molecule has 0 aromatic carbocycles. The number of nitrogens with one attached hydrogen (secondary N) is 2. The Hall–Kier alpha value is -3.17. The number of hydrogen-bond acceptors (Lipinski definition) is 6. The van der Waals surface area contributed by atoms with E-state index in [1.165, 1.54) is 6.20 Å². The highest BCUT2D eigenvalue weighted by Gasteiger charge is 2.25. The average Bonchev–Trinajstić information content (AvgIpc) is 2.70. The fourth-order valence-electron chi connectivity index (χ4n) is 2.96. The van der Waals surface area contributed by atoms with Gasteiger partial charge in [-0.1, -0.05) is 0 Å². The molecule has 3 rings (SSSR count). The molecule has 149 valence electrons. The Labute approximate surface area is 160 Å². The summed E-state index contributed by atoms with van der Waals surface area (Å²) in [6.07, 6.45) is 0.905. The monoisotopic (exact) mass is 390 g/mol. The average molecular weight is 390 g/mol. The van der Waals surface area contributed by atoms with Gasteiger partial charge in [-0.3, -0.25) is 9.59 Å². The van der Waals surface area contributed by atoms with Gasteiger partial charge in [0.1, 0.15) is 11.3 Å². The maximum Gasteiger partial charge on any atom is 0.409 e. The third-order valence-corrected chi connectivity index (χ3v) is 4.41. The van der Waals surface area contributed by atoms with Crippen LogP contribution in [0.15, 0.2) is 17.1 Å². The number of aromatic nitrogens is 2. The van der Waals surface area contributed by atoms with Crippen LogP contribution in [-0.4, -0.2) is 59.7 Å². The smallest absolute Gasteiger partial charge is 0.409 e. The molecule has 0 bridgehead atoms. The summed E-state index contributed by atoms with van der Waals surface area (Å²) >= 11 is 0. The first-order valence-corrected chi connectivity index (χ1v) is 8.92. The zero-order valence-electron chi connectivity index (χ0n) is 15.5. The molecule has 1 fully saturated rings. The van der Waals surface area contributed by atoms with Crippen LogP contribution >= 0.6 is 0 Å². The van der Waals surface area contributed by atoms with Gasteiger partial charge in [0.25, 0.3) is 0 Å². The Balaban J connectivity index is 1.83. The van der Waals surface area contributed by atoms with Gasteiger partial charge in [-0.15, -0.1) is 0 Å². The minimum atomic E-state index is -0.650. The molecule has 0 atom stereocenters. The fourth-order valence-corrected chi connectivity index (χ4v) is 2.96. The summed E-state index contributed by atoms with van der Waals surface area (Å²) in [5.41, 5.74) is -0.305. The van der Waals surface area contributed by atoms with Gasteiger partial charge in [0.05, 0.1) is 12.0 Å². The number of rotatable bonds is 4. The molecule has 1 aliphatic heterocycles. The van der Waals surface area contributed by atoms with Crippen molar-refractivity contribution in [2.24, 2.45) is 0 Å². The molecule has 0 spiro atoms. The second-order valence-corrected chi connectivity index (χ2v) is 6.19. The molecule has 2 aromatic rings. The van der Waals surface area contributed by atoms with Crippen molar-refractivity contribution in [3.8, 4) is 0 Å². The maximum atomic E-state index is 14.7. The SMILES string of the molecule is [CH2]CC(=O)Nc1c[nH]c2nc(N3CCN(C(=O)OCC)CC3)c(F)cc2c1=O. The lowest BCUT2D eigenvalue weighted by Crippen LogP contribution is -2.49. The summed E-state index contributed by atoms with van der Waals surface area (Å²) in [4.78, 5) is 46.0. The molecular weight excluding hydrogens is 369 g/mol. The molecule has 1 aliphatic rings. The minimum Gasteiger partial charge on any atom is -0.450 e. The van der Waals surface area contributed by atoms with Crippen molar-refractivity contribution in [2.45, 2.75) is 13.3 Å². The number of H-pyrrole nitrogens is 1. The molecule has 1 saturated heterocycles. The molecule has 3 heterocycles. The van der Waals surface area contributed by atoms with Crippen LogP contribution < -0.4 is 15.6 Å². The Morgan fingerprint density at radius 1 is 1.36 bits per heavy atom. The second kappa shape index (κ2) is 8.24. The zero-order valence-corrected chi connectivity index (χ0v) is 15.5. The van der Waals surface area contributed by atoms with Crippen molar-refractivity contribution < 1.29 is 18.7 Å². The van der Waals surface area contributed by atoms with Gasteiger partial charge in [0.2, 0.25) is 11.3 Å². The van der Waals surface area contributed by atoms with Gasteiger partial charge >= 0.3 is 6.09 Å². The van der Waals surface area contributed by atoms with E-state index in [2.05, 4.69) is 22.2 Å². The van der Waals surface area contributed by atoms with Gasteiger partial charge in [-0.25, -0.2) is 14.2 Å². The summed E-state index contributed by atoms with van der Waals surface area (Å²) in [6, 6.07) is 1.11. The number of anilines is 2. The fraction of sp³-hybridized carbons (Fsp3) is 0.389. The summed E-state index contributed by atoms with van der Waals surface area (Å²) < 4.78 is 19.6. The van der Waals surface area contributed by atoms with Crippen molar-refractivity contribution in [3.63, 3.8) is 0 Å². The Kier molecular flexibility index (Phi) is 5.76. The van der Waals surface area contributed by atoms with Gasteiger partial charge in [0.15, 0.2) is 11.6 Å². The van der Waals surface area contributed by atoms with E-state index in [-0.39, 0.29) is 29.0 Å². The van der Waals surface area contributed by atoms with Crippen molar-refractivity contribution >= 4 is 34.5 Å². The van der Waals surface area contributed by atoms with Gasteiger partial charge in [-0.2, -0.15) is 0 Å². The number of aromatic amines is 1. The summed E-state index contributed by atoms with van der Waals surface area (Å²) in [5, 5.41) is 2.46. The Morgan fingerprint density at radius 3 is 2.71 bits per heavy atom. The number of amides is 2. The molecule has 0 saturated carbocycles. The molecule has 2 aromatic heterocycles. The number of ether oxygens (including phenoxy) is 1. The van der Waals surface area contributed by atoms with E-state index >= 15 is 0 Å². The van der Waals surface area contributed by atoms with Crippen LogP contribution in [0.1, 0.15) is 13.3 Å². The minimum absolute atomic E-state index is 0.0122. The molecule has 2 amide bonds. The van der Waals surface area contributed by atoms with E-state index in [9.17, 15) is 18.8 Å². The van der Waals surface area contributed by atoms with Crippen LogP contribution in [0.3, 0.4) is 0 Å². The molecular formula is C18H21FN5O4. The largest absolute Gasteiger partial charge is 0.450 e. The Bertz CT molecular complexity index is 953. The molecule has 2 N–H and O–H groups in total. The second-order valence-electron chi connectivity index (χ2n) is 6.19. The number of hydrogen-bond donors (Lipinski definition) is 2. The van der Waals surface area contributed by atoms with E-state index in [0.29, 0.717) is 32.8 Å². The lowest BCUT2D eigenvalue weighted by Gasteiger charge is -2.34. The van der Waals surface area contributed by atoms with Crippen molar-refractivity contribution in [3.05, 3.63) is 35.2 Å². The highest BCUT2D eigenvalue weighted by Crippen LogP contribution is 2.22. The standard InChI is InChI=1S/C18H21FN5O4/c1-3-14(25)21-13-10-20-16-11(15(13)26)9-12(19)17(22-16)23-5-7-24(8-6-23)18(27)28-4-2/h9-10H,1,3-8H2,2H3,(H,21,25)(H,20,22,26). The van der Waals surface area contributed by atoms with Crippen molar-refractivity contribution in [1.29, 1.82) is 0 Å². The lowest BCUT2D eigenvalue weighted by molar-refractivity contribution is -0.115. The topological polar surface area (TPSA) is 108 Å². The summed E-state index contributed by atoms with van der Waals surface area (Å²) in [6.45, 7) is 7.00. The van der Waals surface area contributed by atoms with Gasteiger partial charge < -0.3 is 24.8 Å². The number of piperazine rings is 1.